The molecule has 0 aliphatic heterocycles. The van der Waals surface area contributed by atoms with E-state index in [0.717, 1.165) is 11.1 Å². The van der Waals surface area contributed by atoms with E-state index in [1.54, 1.807) is 0 Å². The number of ether oxygens (including phenoxy) is 1. The van der Waals surface area contributed by atoms with Crippen LogP contribution in [0, 0.1) is 0 Å². The number of carbonyl (C=O) groups is 1. The Balaban J connectivity index is 2.53. The Labute approximate surface area is 127 Å². The summed E-state index contributed by atoms with van der Waals surface area (Å²) in [6.45, 7) is 11.6. The molecule has 0 unspecified atom stereocenters. The Morgan fingerprint density at radius 2 is 1.90 bits per heavy atom. The van der Waals surface area contributed by atoms with E-state index in [9.17, 15) is 4.79 Å². The van der Waals surface area contributed by atoms with Crippen LogP contribution in [0.4, 0.5) is 0 Å². The monoisotopic (exact) mass is 291 g/mol. The van der Waals surface area contributed by atoms with Crippen molar-refractivity contribution in [1.82, 2.24) is 5.48 Å². The highest BCUT2D eigenvalue weighted by Crippen LogP contribution is 2.12. The second-order valence-corrected chi connectivity index (χ2v) is 6.14. The van der Waals surface area contributed by atoms with Gasteiger partial charge in [-0.3, -0.25) is 9.63 Å². The first-order valence-electron chi connectivity index (χ1n) is 7.06. The van der Waals surface area contributed by atoms with Gasteiger partial charge in [0.05, 0.1) is 6.61 Å². The molecule has 0 heterocycles. The number of hydroxylamine groups is 1. The van der Waals surface area contributed by atoms with Crippen LogP contribution in [0.2, 0.25) is 0 Å². The lowest BCUT2D eigenvalue weighted by Crippen LogP contribution is -2.41. The summed E-state index contributed by atoms with van der Waals surface area (Å²) >= 11 is 0. The van der Waals surface area contributed by atoms with E-state index in [1.807, 2.05) is 58.0 Å². The van der Waals surface area contributed by atoms with Crippen LogP contribution in [0.1, 0.15) is 39.7 Å². The lowest BCUT2D eigenvalue weighted by Gasteiger charge is -2.24. The lowest BCUT2D eigenvalue weighted by molar-refractivity contribution is -0.162. The first-order valence-corrected chi connectivity index (χ1v) is 7.06. The zero-order chi connectivity index (χ0) is 15.9. The van der Waals surface area contributed by atoms with E-state index in [-0.39, 0.29) is 5.97 Å². The fraction of sp³-hybridized carbons (Fsp3) is 0.471. The highest BCUT2D eigenvalue weighted by Gasteiger charge is 2.25. The van der Waals surface area contributed by atoms with Gasteiger partial charge in [0.2, 0.25) is 0 Å². The predicted molar refractivity (Wildman–Crippen MR) is 83.4 cm³/mol. The van der Waals surface area contributed by atoms with Crippen LogP contribution in [-0.2, 0) is 21.0 Å². The van der Waals surface area contributed by atoms with Crippen molar-refractivity contribution in [2.24, 2.45) is 0 Å². The fourth-order valence-corrected chi connectivity index (χ4v) is 1.69. The normalized spacial score (nSPS) is 12.8. The van der Waals surface area contributed by atoms with Gasteiger partial charge >= 0.3 is 5.97 Å². The highest BCUT2D eigenvalue weighted by atomic mass is 16.7. The van der Waals surface area contributed by atoms with Crippen molar-refractivity contribution < 1.29 is 14.4 Å². The third-order valence-electron chi connectivity index (χ3n) is 2.55. The van der Waals surface area contributed by atoms with E-state index in [4.69, 9.17) is 9.57 Å². The van der Waals surface area contributed by atoms with Crippen molar-refractivity contribution in [3.05, 3.63) is 48.0 Å². The molecule has 0 saturated heterocycles. The number of esters is 1. The van der Waals surface area contributed by atoms with Gasteiger partial charge in [-0.25, -0.2) is 0 Å². The molecule has 1 rings (SSSR count). The average molecular weight is 291 g/mol. The molecule has 0 spiro atoms. The molecule has 4 heteroatoms. The van der Waals surface area contributed by atoms with Crippen molar-refractivity contribution in [3.63, 3.8) is 0 Å². The zero-order valence-corrected chi connectivity index (χ0v) is 13.3. The molecule has 0 amide bonds. The summed E-state index contributed by atoms with van der Waals surface area (Å²) in [5, 5.41) is 0. The Morgan fingerprint density at radius 3 is 2.43 bits per heavy atom. The topological polar surface area (TPSA) is 47.6 Å². The second-order valence-electron chi connectivity index (χ2n) is 6.14. The van der Waals surface area contributed by atoms with Gasteiger partial charge in [0.15, 0.2) is 0 Å². The summed E-state index contributed by atoms with van der Waals surface area (Å²) in [4.78, 5) is 17.6. The maximum Gasteiger partial charge on any atom is 0.326 e. The largest absolute Gasteiger partial charge is 0.459 e. The van der Waals surface area contributed by atoms with E-state index in [1.165, 1.54) is 0 Å². The van der Waals surface area contributed by atoms with Gasteiger partial charge in [0.25, 0.3) is 0 Å². The molecule has 0 bridgehead atoms. The van der Waals surface area contributed by atoms with E-state index < -0.39 is 11.6 Å². The molecule has 0 aliphatic carbocycles. The molecule has 4 nitrogen and oxygen atoms in total. The van der Waals surface area contributed by atoms with Gasteiger partial charge in [-0.05, 0) is 39.7 Å². The molecule has 0 radical (unpaired) electrons. The van der Waals surface area contributed by atoms with Gasteiger partial charge in [0, 0.05) is 0 Å². The molecule has 0 saturated carbocycles. The Hall–Kier alpha value is -1.65. The zero-order valence-electron chi connectivity index (χ0n) is 13.3. The minimum absolute atomic E-state index is 0.335. The molecule has 116 valence electrons. The van der Waals surface area contributed by atoms with Gasteiger partial charge < -0.3 is 4.74 Å². The van der Waals surface area contributed by atoms with Crippen molar-refractivity contribution >= 4 is 5.97 Å². The number of benzene rings is 1. The van der Waals surface area contributed by atoms with Crippen LogP contribution in [0.25, 0.3) is 0 Å². The summed E-state index contributed by atoms with van der Waals surface area (Å²) in [5.41, 5.74) is 4.19. The Morgan fingerprint density at radius 1 is 1.29 bits per heavy atom. The number of nitrogens with one attached hydrogen (secondary N) is 1. The first kappa shape index (κ1) is 17.4. The van der Waals surface area contributed by atoms with Crippen LogP contribution in [0.3, 0.4) is 0 Å². The fourth-order valence-electron chi connectivity index (χ4n) is 1.69. The summed E-state index contributed by atoms with van der Waals surface area (Å²) < 4.78 is 5.38. The molecule has 21 heavy (non-hydrogen) atoms. The van der Waals surface area contributed by atoms with Crippen LogP contribution >= 0.6 is 0 Å². The third kappa shape index (κ3) is 7.63. The Kier molecular flexibility index (Phi) is 6.59. The third-order valence-corrected chi connectivity index (χ3v) is 2.55. The SMILES string of the molecule is C=C(C)C[C@H](NOCc1ccccc1)C(=O)OC(C)(C)C. The van der Waals surface area contributed by atoms with Crippen molar-refractivity contribution in [1.29, 1.82) is 0 Å². The lowest BCUT2D eigenvalue weighted by atomic mass is 10.1. The molecule has 0 aliphatic rings. The molecular weight excluding hydrogens is 266 g/mol. The summed E-state index contributed by atoms with van der Waals surface area (Å²) in [6.07, 6.45) is 0.476. The summed E-state index contributed by atoms with van der Waals surface area (Å²) in [6, 6.07) is 9.20. The molecule has 1 aromatic carbocycles. The standard InChI is InChI=1S/C17H25NO3/c1-13(2)11-15(16(19)21-17(3,4)5)18-20-12-14-9-7-6-8-10-14/h6-10,15,18H,1,11-12H2,2-5H3/t15-/m0/s1. The second kappa shape index (κ2) is 7.96. The molecule has 0 aromatic heterocycles. The molecule has 1 N–H and O–H groups in total. The van der Waals surface area contributed by atoms with Crippen molar-refractivity contribution in [2.45, 2.75) is 52.4 Å². The Bertz CT molecular complexity index is 463. The van der Waals surface area contributed by atoms with E-state index in [0.29, 0.717) is 13.0 Å². The van der Waals surface area contributed by atoms with Gasteiger partial charge in [-0.2, -0.15) is 5.48 Å². The van der Waals surface area contributed by atoms with Crippen LogP contribution in [-0.4, -0.2) is 17.6 Å². The van der Waals surface area contributed by atoms with E-state index in [2.05, 4.69) is 12.1 Å². The van der Waals surface area contributed by atoms with Gasteiger partial charge in [-0.15, -0.1) is 6.58 Å². The maximum atomic E-state index is 12.1. The molecule has 1 atom stereocenters. The van der Waals surface area contributed by atoms with Gasteiger partial charge in [0.1, 0.15) is 11.6 Å². The highest BCUT2D eigenvalue weighted by molar-refractivity contribution is 5.76. The van der Waals surface area contributed by atoms with Crippen LogP contribution < -0.4 is 5.48 Å². The minimum Gasteiger partial charge on any atom is -0.459 e. The van der Waals surface area contributed by atoms with Crippen molar-refractivity contribution in [3.8, 4) is 0 Å². The molecule has 1 aromatic rings. The number of rotatable bonds is 7. The number of hydrogen-bond donors (Lipinski definition) is 1. The van der Waals surface area contributed by atoms with Gasteiger partial charge in [-0.1, -0.05) is 35.9 Å². The number of carbonyl (C=O) groups excluding carboxylic acids is 1. The maximum absolute atomic E-state index is 12.1. The predicted octanol–water partition coefficient (Wildman–Crippen LogP) is 3.38. The smallest absolute Gasteiger partial charge is 0.326 e. The van der Waals surface area contributed by atoms with Crippen LogP contribution in [0.15, 0.2) is 42.5 Å². The van der Waals surface area contributed by atoms with E-state index >= 15 is 0 Å². The number of hydrogen-bond acceptors (Lipinski definition) is 4. The first-order chi connectivity index (χ1) is 9.78. The molecular formula is C17H25NO3. The molecule has 0 fully saturated rings. The summed E-state index contributed by atoms with van der Waals surface area (Å²) in [7, 11) is 0. The van der Waals surface area contributed by atoms with Crippen LogP contribution in [0.5, 0.6) is 0 Å². The quantitative estimate of drug-likeness (QED) is 0.475. The minimum atomic E-state index is -0.551. The van der Waals surface area contributed by atoms with Crippen molar-refractivity contribution in [2.75, 3.05) is 0 Å². The summed E-state index contributed by atoms with van der Waals surface area (Å²) in [5.74, 6) is -0.335. The average Bonchev–Trinajstić information content (AvgIpc) is 2.36.